The van der Waals surface area contributed by atoms with E-state index < -0.39 is 5.97 Å². The van der Waals surface area contributed by atoms with Crippen LogP contribution in [0.5, 0.6) is 0 Å². The Morgan fingerprint density at radius 1 is 1.33 bits per heavy atom. The van der Waals surface area contributed by atoms with Crippen molar-refractivity contribution in [3.63, 3.8) is 0 Å². The molecule has 2 aromatic rings. The smallest absolute Gasteiger partial charge is 0.360 e. The molecule has 21 heavy (non-hydrogen) atoms. The van der Waals surface area contributed by atoms with Crippen molar-refractivity contribution in [3.8, 4) is 0 Å². The monoisotopic (exact) mass is 307 g/mol. The fourth-order valence-corrected chi connectivity index (χ4v) is 2.92. The highest BCUT2D eigenvalue weighted by molar-refractivity contribution is 7.22. The Bertz CT molecular complexity index is 707. The second-order valence-electron chi connectivity index (χ2n) is 4.66. The summed E-state index contributed by atoms with van der Waals surface area (Å²) in [6, 6.07) is 3.89. The number of ether oxygens (including phenoxy) is 1. The average Bonchev–Trinajstić information content (AvgIpc) is 2.87. The molecule has 0 unspecified atom stereocenters. The molecule has 0 atom stereocenters. The molecule has 2 rings (SSSR count). The van der Waals surface area contributed by atoms with Crippen LogP contribution in [0.4, 0.5) is 5.13 Å². The van der Waals surface area contributed by atoms with Gasteiger partial charge in [0.1, 0.15) is 7.11 Å². The fourth-order valence-electron chi connectivity index (χ4n) is 1.91. The van der Waals surface area contributed by atoms with Gasteiger partial charge in [-0.3, -0.25) is 0 Å². The van der Waals surface area contributed by atoms with Crippen molar-refractivity contribution in [1.29, 1.82) is 0 Å². The lowest BCUT2D eigenvalue weighted by Crippen LogP contribution is -2.18. The molecule has 0 spiro atoms. The largest absolute Gasteiger partial charge is 0.464 e. The number of carbonyl (C=O) groups excluding carboxylic acids is 1. The van der Waals surface area contributed by atoms with Crippen molar-refractivity contribution in [2.75, 3.05) is 33.2 Å². The van der Waals surface area contributed by atoms with E-state index in [1.807, 2.05) is 38.1 Å². The first-order chi connectivity index (χ1) is 9.97. The van der Waals surface area contributed by atoms with E-state index in [4.69, 9.17) is 9.57 Å². The number of methoxy groups -OCH3 is 1. The van der Waals surface area contributed by atoms with Crippen LogP contribution >= 0.6 is 11.3 Å². The molecular weight excluding hydrogens is 290 g/mol. The second kappa shape index (κ2) is 6.09. The summed E-state index contributed by atoms with van der Waals surface area (Å²) >= 11 is 1.56. The zero-order valence-electron chi connectivity index (χ0n) is 12.6. The number of hydrogen-bond donors (Lipinski definition) is 0. The number of aryl methyl sites for hydroxylation is 1. The molecule has 0 fully saturated rings. The summed E-state index contributed by atoms with van der Waals surface area (Å²) in [5.74, 6) is -0.553. The molecule has 1 aromatic carbocycles. The fraction of sp³-hybridized carbons (Fsp3) is 0.357. The van der Waals surface area contributed by atoms with Crippen LogP contribution in [-0.4, -0.2) is 45.0 Å². The number of thiazole rings is 1. The molecule has 1 aromatic heterocycles. The van der Waals surface area contributed by atoms with Gasteiger partial charge in [0.15, 0.2) is 10.8 Å². The summed E-state index contributed by atoms with van der Waals surface area (Å²) < 4.78 is 5.77. The standard InChI is InChI=1S/C14H17N3O3S/c1-8-6-9(12(16-20-5)13(18)19-4)11-10(7-8)21-14(15-11)17(2)3/h6-7H,1-5H3/b16-12-. The number of hydrogen-bond acceptors (Lipinski definition) is 7. The molecule has 0 aliphatic heterocycles. The van der Waals surface area contributed by atoms with Crippen LogP contribution in [0.25, 0.3) is 10.2 Å². The molecule has 0 bridgehead atoms. The van der Waals surface area contributed by atoms with Crippen molar-refractivity contribution < 1.29 is 14.4 Å². The SMILES string of the molecule is CO/N=C(\C(=O)OC)c1cc(C)cc2sc(N(C)C)nc12. The highest BCUT2D eigenvalue weighted by Gasteiger charge is 2.21. The van der Waals surface area contributed by atoms with E-state index in [1.54, 1.807) is 11.3 Å². The molecule has 0 N–H and O–H groups in total. The normalized spacial score (nSPS) is 11.6. The number of rotatable bonds is 4. The van der Waals surface area contributed by atoms with Gasteiger partial charge >= 0.3 is 5.97 Å². The van der Waals surface area contributed by atoms with Crippen molar-refractivity contribution in [2.24, 2.45) is 5.16 Å². The van der Waals surface area contributed by atoms with E-state index in [9.17, 15) is 4.79 Å². The Balaban J connectivity index is 2.71. The van der Waals surface area contributed by atoms with Crippen LogP contribution in [0.15, 0.2) is 17.3 Å². The summed E-state index contributed by atoms with van der Waals surface area (Å²) in [5, 5.41) is 4.66. The third-order valence-electron chi connectivity index (χ3n) is 2.83. The van der Waals surface area contributed by atoms with Crippen LogP contribution in [0.2, 0.25) is 0 Å². The predicted octanol–water partition coefficient (Wildman–Crippen LogP) is 2.19. The number of fused-ring (bicyclic) bond motifs is 1. The number of esters is 1. The number of oxime groups is 1. The van der Waals surface area contributed by atoms with Gasteiger partial charge < -0.3 is 14.5 Å². The van der Waals surface area contributed by atoms with E-state index >= 15 is 0 Å². The molecule has 1 heterocycles. The van der Waals surface area contributed by atoms with Gasteiger partial charge in [0.05, 0.1) is 17.3 Å². The molecule has 0 radical (unpaired) electrons. The number of benzene rings is 1. The summed E-state index contributed by atoms with van der Waals surface area (Å²) in [4.78, 5) is 23.2. The molecular formula is C14H17N3O3S. The molecule has 112 valence electrons. The average molecular weight is 307 g/mol. The maximum Gasteiger partial charge on any atom is 0.360 e. The van der Waals surface area contributed by atoms with Crippen LogP contribution in [0, 0.1) is 6.92 Å². The van der Waals surface area contributed by atoms with Gasteiger partial charge in [-0.25, -0.2) is 9.78 Å². The Labute approximate surface area is 127 Å². The summed E-state index contributed by atoms with van der Waals surface area (Å²) in [6.07, 6.45) is 0. The van der Waals surface area contributed by atoms with Crippen LogP contribution in [0.1, 0.15) is 11.1 Å². The third-order valence-corrected chi connectivity index (χ3v) is 4.00. The van der Waals surface area contributed by atoms with Gasteiger partial charge in [-0.1, -0.05) is 16.5 Å². The van der Waals surface area contributed by atoms with Gasteiger partial charge in [0, 0.05) is 19.7 Å². The molecule has 6 nitrogen and oxygen atoms in total. The second-order valence-corrected chi connectivity index (χ2v) is 5.67. The van der Waals surface area contributed by atoms with E-state index in [0.29, 0.717) is 5.56 Å². The number of anilines is 1. The van der Waals surface area contributed by atoms with Gasteiger partial charge in [-0.05, 0) is 24.6 Å². The van der Waals surface area contributed by atoms with Crippen molar-refractivity contribution in [2.45, 2.75) is 6.92 Å². The first-order valence-corrected chi connectivity index (χ1v) is 7.08. The highest BCUT2D eigenvalue weighted by atomic mass is 32.1. The van der Waals surface area contributed by atoms with E-state index in [0.717, 1.165) is 20.9 Å². The molecule has 0 amide bonds. The Hall–Kier alpha value is -2.15. The Morgan fingerprint density at radius 2 is 2.05 bits per heavy atom. The van der Waals surface area contributed by atoms with Gasteiger partial charge in [0.25, 0.3) is 0 Å². The minimum atomic E-state index is -0.553. The van der Waals surface area contributed by atoms with Gasteiger partial charge in [0.2, 0.25) is 0 Å². The van der Waals surface area contributed by atoms with E-state index in [1.165, 1.54) is 14.2 Å². The van der Waals surface area contributed by atoms with Crippen LogP contribution < -0.4 is 4.90 Å². The zero-order valence-corrected chi connectivity index (χ0v) is 13.4. The number of nitrogens with zero attached hydrogens (tertiary/aromatic N) is 3. The number of carbonyl (C=O) groups is 1. The third kappa shape index (κ3) is 2.97. The zero-order chi connectivity index (χ0) is 15.6. The lowest BCUT2D eigenvalue weighted by atomic mass is 10.1. The predicted molar refractivity (Wildman–Crippen MR) is 84.2 cm³/mol. The maximum absolute atomic E-state index is 11.9. The maximum atomic E-state index is 11.9. The van der Waals surface area contributed by atoms with Gasteiger partial charge in [-0.15, -0.1) is 0 Å². The topological polar surface area (TPSA) is 64.0 Å². The minimum Gasteiger partial charge on any atom is -0.464 e. The first-order valence-electron chi connectivity index (χ1n) is 6.26. The Kier molecular flexibility index (Phi) is 4.42. The van der Waals surface area contributed by atoms with E-state index in [2.05, 4.69) is 10.1 Å². The van der Waals surface area contributed by atoms with Crippen LogP contribution in [-0.2, 0) is 14.4 Å². The van der Waals surface area contributed by atoms with Gasteiger partial charge in [-0.2, -0.15) is 0 Å². The summed E-state index contributed by atoms with van der Waals surface area (Å²) in [5.41, 5.74) is 2.46. The molecule has 0 aliphatic rings. The van der Waals surface area contributed by atoms with E-state index in [-0.39, 0.29) is 5.71 Å². The van der Waals surface area contributed by atoms with Crippen molar-refractivity contribution in [3.05, 3.63) is 23.3 Å². The summed E-state index contributed by atoms with van der Waals surface area (Å²) in [6.45, 7) is 1.96. The molecule has 7 heteroatoms. The van der Waals surface area contributed by atoms with Crippen molar-refractivity contribution >= 4 is 38.4 Å². The quantitative estimate of drug-likeness (QED) is 0.492. The van der Waals surface area contributed by atoms with Crippen molar-refractivity contribution in [1.82, 2.24) is 4.98 Å². The van der Waals surface area contributed by atoms with Crippen LogP contribution in [0.3, 0.4) is 0 Å². The first kappa shape index (κ1) is 15.2. The summed E-state index contributed by atoms with van der Waals surface area (Å²) in [7, 11) is 6.55. The molecule has 0 saturated carbocycles. The minimum absolute atomic E-state index is 0.115. The molecule has 0 saturated heterocycles. The molecule has 0 aliphatic carbocycles. The number of aromatic nitrogens is 1. The lowest BCUT2D eigenvalue weighted by Gasteiger charge is -2.06. The Morgan fingerprint density at radius 3 is 2.62 bits per heavy atom. The lowest BCUT2D eigenvalue weighted by molar-refractivity contribution is -0.132. The highest BCUT2D eigenvalue weighted by Crippen LogP contribution is 2.31.